The van der Waals surface area contributed by atoms with Gasteiger partial charge < -0.3 is 4.42 Å². The van der Waals surface area contributed by atoms with Gasteiger partial charge in [-0.25, -0.2) is 14.3 Å². The second kappa shape index (κ2) is 5.08. The van der Waals surface area contributed by atoms with E-state index in [-0.39, 0.29) is 17.9 Å². The average molecular weight is 287 g/mol. The molecule has 0 amide bonds. The molecule has 0 aliphatic carbocycles. The van der Waals surface area contributed by atoms with Gasteiger partial charge in [0.15, 0.2) is 12.3 Å². The first kappa shape index (κ1) is 12.9. The molecule has 8 nitrogen and oxygen atoms in total. The fourth-order valence-corrected chi connectivity index (χ4v) is 1.99. The van der Waals surface area contributed by atoms with Gasteiger partial charge in [0.2, 0.25) is 0 Å². The number of rotatable bonds is 4. The molecule has 0 atom stereocenters. The van der Waals surface area contributed by atoms with E-state index >= 15 is 0 Å². The number of nitro benzene ring substituents is 1. The second-order valence-electron chi connectivity index (χ2n) is 4.32. The molecule has 0 saturated carbocycles. The topological polar surface area (TPSA) is 104 Å². The number of nitrogens with zero attached hydrogens (tertiary/aromatic N) is 2. The number of fused-ring (bicyclic) bond motifs is 1. The minimum absolute atomic E-state index is 0.118. The molecule has 2 N–H and O–H groups in total. The van der Waals surface area contributed by atoms with Crippen LogP contribution in [0.15, 0.2) is 51.8 Å². The van der Waals surface area contributed by atoms with Crippen molar-refractivity contribution < 1.29 is 14.3 Å². The Bertz CT molecular complexity index is 853. The van der Waals surface area contributed by atoms with Gasteiger partial charge in [-0.05, 0) is 12.1 Å². The Morgan fingerprint density at radius 2 is 2.19 bits per heavy atom. The maximum atomic E-state index is 11.8. The van der Waals surface area contributed by atoms with Crippen molar-refractivity contribution in [2.24, 2.45) is 0 Å². The van der Waals surface area contributed by atoms with Crippen molar-refractivity contribution in [2.75, 3.05) is 5.32 Å². The van der Waals surface area contributed by atoms with Crippen LogP contribution in [-0.2, 0) is 6.67 Å². The number of aromatic amines is 1. The number of anilines is 1. The van der Waals surface area contributed by atoms with Crippen LogP contribution >= 0.6 is 0 Å². The normalized spacial score (nSPS) is 10.7. The third-order valence-corrected chi connectivity index (χ3v) is 3.00. The summed E-state index contributed by atoms with van der Waals surface area (Å²) in [6, 6.07) is 9.57. The Balaban J connectivity index is 1.93. The summed E-state index contributed by atoms with van der Waals surface area (Å²) in [5, 5.41) is 13.7. The van der Waals surface area contributed by atoms with E-state index in [0.717, 1.165) is 5.82 Å². The molecule has 106 valence electrons. The number of non-ortho nitro benzene ring substituents is 1. The lowest BCUT2D eigenvalue weighted by Crippen LogP contribution is -2.22. The van der Waals surface area contributed by atoms with Crippen LogP contribution in [0.1, 0.15) is 0 Å². The molecule has 3 aromatic rings. The van der Waals surface area contributed by atoms with Crippen LogP contribution < -0.4 is 16.1 Å². The van der Waals surface area contributed by atoms with E-state index in [4.69, 9.17) is 4.42 Å². The zero-order valence-electron chi connectivity index (χ0n) is 10.8. The first-order valence-corrected chi connectivity index (χ1v) is 6.13. The van der Waals surface area contributed by atoms with Crippen molar-refractivity contribution in [3.05, 3.63) is 63.3 Å². The first-order valence-electron chi connectivity index (χ1n) is 6.13. The van der Waals surface area contributed by atoms with E-state index in [1.54, 1.807) is 6.20 Å². The van der Waals surface area contributed by atoms with E-state index in [2.05, 4.69) is 10.3 Å². The quantitative estimate of drug-likeness (QED) is 0.576. The lowest BCUT2D eigenvalue weighted by Gasteiger charge is -2.00. The van der Waals surface area contributed by atoms with Gasteiger partial charge in [-0.2, -0.15) is 0 Å². The number of nitro groups is 1. The number of pyridine rings is 1. The summed E-state index contributed by atoms with van der Waals surface area (Å²) in [5.74, 6) is 0.162. The monoisotopic (exact) mass is 287 g/mol. The highest BCUT2D eigenvalue weighted by Crippen LogP contribution is 2.19. The largest absolute Gasteiger partial charge is 0.423 e. The van der Waals surface area contributed by atoms with Crippen molar-refractivity contribution >= 4 is 22.6 Å². The number of aromatic nitrogens is 2. The molecule has 3 rings (SSSR count). The molecule has 0 saturated heterocycles. The van der Waals surface area contributed by atoms with Crippen LogP contribution in [-0.4, -0.2) is 9.49 Å². The van der Waals surface area contributed by atoms with Crippen molar-refractivity contribution in [2.45, 2.75) is 6.67 Å². The van der Waals surface area contributed by atoms with Gasteiger partial charge in [-0.1, -0.05) is 6.07 Å². The summed E-state index contributed by atoms with van der Waals surface area (Å²) < 4.78 is 6.39. The molecule has 8 heteroatoms. The highest BCUT2D eigenvalue weighted by atomic mass is 16.6. The van der Waals surface area contributed by atoms with Crippen molar-refractivity contribution in [3.8, 4) is 0 Å². The van der Waals surface area contributed by atoms with Crippen LogP contribution in [0.5, 0.6) is 0 Å². The van der Waals surface area contributed by atoms with Gasteiger partial charge >= 0.3 is 5.76 Å². The molecule has 0 unspecified atom stereocenters. The third kappa shape index (κ3) is 2.46. The highest BCUT2D eigenvalue weighted by Gasteiger charge is 2.15. The molecule has 1 aromatic carbocycles. The summed E-state index contributed by atoms with van der Waals surface area (Å²) in [6.07, 6.45) is 1.75. The standard InChI is InChI=1S/C13H10N4O4/c18-13-16(8-15-12-3-1-2-6-14-12)10-5-4-9(17(19)20)7-11(10)21-13/h1-7H,8H2,(H,14,15)/p+1. The van der Waals surface area contributed by atoms with Crippen molar-refractivity contribution in [1.82, 2.24) is 4.57 Å². The van der Waals surface area contributed by atoms with Gasteiger partial charge in [-0.15, -0.1) is 0 Å². The van der Waals surface area contributed by atoms with Crippen LogP contribution in [0.25, 0.3) is 11.1 Å². The van der Waals surface area contributed by atoms with Crippen molar-refractivity contribution in [3.63, 3.8) is 0 Å². The minimum atomic E-state index is -0.575. The molecule has 0 aliphatic heterocycles. The summed E-state index contributed by atoms with van der Waals surface area (Å²) in [7, 11) is 0. The third-order valence-electron chi connectivity index (χ3n) is 3.00. The lowest BCUT2D eigenvalue weighted by molar-refractivity contribution is -0.384. The molecule has 0 radical (unpaired) electrons. The number of H-pyrrole nitrogens is 1. The number of hydrogen-bond donors (Lipinski definition) is 1. The summed E-state index contributed by atoms with van der Waals surface area (Å²) in [6.45, 7) is 0.185. The van der Waals surface area contributed by atoms with Crippen molar-refractivity contribution in [1.29, 1.82) is 0 Å². The minimum Gasteiger partial charge on any atom is -0.407 e. The summed E-state index contributed by atoms with van der Waals surface area (Å²) in [5.41, 5.74) is 0.565. The number of hydrogen-bond acceptors (Lipinski definition) is 5. The zero-order chi connectivity index (χ0) is 14.8. The van der Waals surface area contributed by atoms with E-state index < -0.39 is 10.7 Å². The predicted octanol–water partition coefficient (Wildman–Crippen LogP) is 1.39. The first-order chi connectivity index (χ1) is 10.1. The Kier molecular flexibility index (Phi) is 3.11. The summed E-state index contributed by atoms with van der Waals surface area (Å²) >= 11 is 0. The predicted molar refractivity (Wildman–Crippen MR) is 73.7 cm³/mol. The molecule has 0 bridgehead atoms. The maximum absolute atomic E-state index is 11.8. The molecule has 0 spiro atoms. The summed E-state index contributed by atoms with van der Waals surface area (Å²) in [4.78, 5) is 25.0. The molecular formula is C13H11N4O4+. The van der Waals surface area contributed by atoms with E-state index in [9.17, 15) is 14.9 Å². The van der Waals surface area contributed by atoms with E-state index in [1.807, 2.05) is 18.2 Å². The van der Waals surface area contributed by atoms with Crippen LogP contribution in [0.4, 0.5) is 11.5 Å². The van der Waals surface area contributed by atoms with Gasteiger partial charge in [0.05, 0.1) is 22.7 Å². The van der Waals surface area contributed by atoms with E-state index in [1.165, 1.54) is 22.8 Å². The highest BCUT2D eigenvalue weighted by molar-refractivity contribution is 5.75. The molecule has 2 heterocycles. The molecule has 0 aliphatic rings. The second-order valence-corrected chi connectivity index (χ2v) is 4.32. The van der Waals surface area contributed by atoms with Gasteiger partial charge in [-0.3, -0.25) is 15.4 Å². The van der Waals surface area contributed by atoms with Gasteiger partial charge in [0.25, 0.3) is 11.5 Å². The van der Waals surface area contributed by atoms with Gasteiger partial charge in [0.1, 0.15) is 0 Å². The van der Waals surface area contributed by atoms with E-state index in [0.29, 0.717) is 5.52 Å². The van der Waals surface area contributed by atoms with Gasteiger partial charge in [0, 0.05) is 12.1 Å². The fourth-order valence-electron chi connectivity index (χ4n) is 1.99. The molecule has 0 fully saturated rings. The number of benzene rings is 1. The smallest absolute Gasteiger partial charge is 0.407 e. The molecule has 2 aromatic heterocycles. The number of nitrogens with one attached hydrogen (secondary N) is 2. The SMILES string of the molecule is O=c1oc2cc([N+](=O)[O-])ccc2n1CNc1cccc[nH+]1. The molecule has 21 heavy (non-hydrogen) atoms. The number of oxazole rings is 1. The lowest BCUT2D eigenvalue weighted by atomic mass is 10.3. The Hall–Kier alpha value is -3.16. The van der Waals surface area contributed by atoms with Crippen LogP contribution in [0, 0.1) is 10.1 Å². The maximum Gasteiger partial charge on any atom is 0.423 e. The molecular weight excluding hydrogens is 276 g/mol. The Labute approximate surface area is 117 Å². The Morgan fingerprint density at radius 1 is 1.33 bits per heavy atom. The Morgan fingerprint density at radius 3 is 2.90 bits per heavy atom. The van der Waals surface area contributed by atoms with Crippen LogP contribution in [0.3, 0.4) is 0 Å². The fraction of sp³-hybridized carbons (Fsp3) is 0.0769. The zero-order valence-corrected chi connectivity index (χ0v) is 10.8. The average Bonchev–Trinajstić information content (AvgIpc) is 2.80. The van der Waals surface area contributed by atoms with Crippen LogP contribution in [0.2, 0.25) is 0 Å².